The molecule has 0 N–H and O–H groups in total. The van der Waals surface area contributed by atoms with Crippen LogP contribution in [0.15, 0.2) is 38.4 Å². The molecule has 0 spiro atoms. The number of aryl methyl sites for hydroxylation is 1. The molecule has 0 radical (unpaired) electrons. The van der Waals surface area contributed by atoms with Crippen LogP contribution in [0.1, 0.15) is 28.4 Å². The van der Waals surface area contributed by atoms with Gasteiger partial charge in [-0.3, -0.25) is 4.68 Å². The molecule has 3 aromatic rings. The molecule has 2 aromatic heterocycles. The zero-order chi connectivity index (χ0) is 18.9. The van der Waals surface area contributed by atoms with Crippen molar-refractivity contribution in [1.82, 2.24) is 20.0 Å². The number of aromatic nitrogens is 4. The Hall–Kier alpha value is -1.81. The van der Waals surface area contributed by atoms with Gasteiger partial charge in [0.15, 0.2) is 0 Å². The molecule has 0 unspecified atom stereocenters. The molecule has 0 saturated heterocycles. The van der Waals surface area contributed by atoms with Crippen molar-refractivity contribution in [3.8, 4) is 0 Å². The van der Waals surface area contributed by atoms with E-state index in [2.05, 4.69) is 31.2 Å². The van der Waals surface area contributed by atoms with Crippen LogP contribution in [0.2, 0.25) is 0 Å². The van der Waals surface area contributed by atoms with E-state index in [4.69, 9.17) is 4.42 Å². The topological polar surface area (TPSA) is 56.7 Å². The van der Waals surface area contributed by atoms with Gasteiger partial charge in [0.05, 0.1) is 21.4 Å². The molecule has 0 fully saturated rings. The highest BCUT2D eigenvalue weighted by Gasteiger charge is 2.30. The number of halogens is 4. The maximum absolute atomic E-state index is 12.7. The van der Waals surface area contributed by atoms with E-state index < -0.39 is 11.7 Å². The zero-order valence-corrected chi connectivity index (χ0v) is 16.2. The first kappa shape index (κ1) is 19.0. The van der Waals surface area contributed by atoms with Crippen LogP contribution in [0.25, 0.3) is 0 Å². The van der Waals surface area contributed by atoms with Crippen LogP contribution in [0.5, 0.6) is 0 Å². The third-order valence-corrected chi connectivity index (χ3v) is 5.68. The quantitative estimate of drug-likeness (QED) is 0.515. The van der Waals surface area contributed by atoms with E-state index in [1.54, 1.807) is 10.7 Å². The van der Waals surface area contributed by atoms with E-state index >= 15 is 0 Å². The van der Waals surface area contributed by atoms with Gasteiger partial charge in [-0.2, -0.15) is 18.3 Å². The zero-order valence-electron chi connectivity index (χ0n) is 13.8. The molecule has 0 aliphatic carbocycles. The third-order valence-electron chi connectivity index (χ3n) is 3.64. The van der Waals surface area contributed by atoms with Crippen molar-refractivity contribution in [3.63, 3.8) is 0 Å². The lowest BCUT2D eigenvalue weighted by atomic mass is 10.1. The number of nitrogens with zero attached hydrogens (tertiary/aromatic N) is 4. The Morgan fingerprint density at radius 1 is 1.23 bits per heavy atom. The average Bonchev–Trinajstić information content (AvgIpc) is 3.13. The normalized spacial score (nSPS) is 11.9. The van der Waals surface area contributed by atoms with Gasteiger partial charge in [0.1, 0.15) is 6.54 Å². The largest absolute Gasteiger partial charge is 0.416 e. The van der Waals surface area contributed by atoms with Crippen molar-refractivity contribution in [1.29, 1.82) is 0 Å². The van der Waals surface area contributed by atoms with E-state index in [-0.39, 0.29) is 0 Å². The highest BCUT2D eigenvalue weighted by molar-refractivity contribution is 9.10. The van der Waals surface area contributed by atoms with Gasteiger partial charge in [-0.15, -0.1) is 10.2 Å². The van der Waals surface area contributed by atoms with Crippen molar-refractivity contribution < 1.29 is 17.6 Å². The molecule has 0 bridgehead atoms. The SMILES string of the molecule is Cc1nn(Cc2nnc(SCc3cccc(C(F)(F)F)c3)o2)c(C)c1Br. The number of alkyl halides is 3. The Morgan fingerprint density at radius 3 is 2.65 bits per heavy atom. The van der Waals surface area contributed by atoms with E-state index in [0.29, 0.717) is 29.0 Å². The minimum Gasteiger partial charge on any atom is -0.414 e. The summed E-state index contributed by atoms with van der Waals surface area (Å²) in [7, 11) is 0. The molecule has 26 heavy (non-hydrogen) atoms. The molecule has 0 saturated carbocycles. The van der Waals surface area contributed by atoms with Gasteiger partial charge in [0.2, 0.25) is 5.89 Å². The fourth-order valence-corrected chi connectivity index (χ4v) is 3.31. The van der Waals surface area contributed by atoms with Crippen molar-refractivity contribution in [2.24, 2.45) is 0 Å². The molecule has 0 aliphatic rings. The summed E-state index contributed by atoms with van der Waals surface area (Å²) in [6.45, 7) is 4.14. The van der Waals surface area contributed by atoms with E-state index in [0.717, 1.165) is 28.0 Å². The smallest absolute Gasteiger partial charge is 0.414 e. The van der Waals surface area contributed by atoms with Gasteiger partial charge in [0.25, 0.3) is 5.22 Å². The molecule has 2 heterocycles. The number of hydrogen-bond donors (Lipinski definition) is 0. The minimum absolute atomic E-state index is 0.303. The highest BCUT2D eigenvalue weighted by atomic mass is 79.9. The average molecular weight is 447 g/mol. The molecular formula is C16H14BrF3N4OS. The van der Waals surface area contributed by atoms with E-state index in [1.165, 1.54) is 17.8 Å². The monoisotopic (exact) mass is 446 g/mol. The Labute approximate surface area is 160 Å². The van der Waals surface area contributed by atoms with Gasteiger partial charge in [-0.25, -0.2) is 0 Å². The van der Waals surface area contributed by atoms with E-state index in [1.807, 2.05) is 13.8 Å². The Kier molecular flexibility index (Phi) is 5.42. The molecule has 10 heteroatoms. The molecule has 0 amide bonds. The van der Waals surface area contributed by atoms with Gasteiger partial charge in [0, 0.05) is 5.75 Å². The molecular weight excluding hydrogens is 433 g/mol. The summed E-state index contributed by atoms with van der Waals surface area (Å²) >= 11 is 4.65. The summed E-state index contributed by atoms with van der Waals surface area (Å²) in [5.74, 6) is 0.687. The van der Waals surface area contributed by atoms with Crippen LogP contribution in [0.4, 0.5) is 13.2 Å². The molecule has 3 rings (SSSR count). The van der Waals surface area contributed by atoms with E-state index in [9.17, 15) is 13.2 Å². The number of hydrogen-bond acceptors (Lipinski definition) is 5. The fraction of sp³-hybridized carbons (Fsp3) is 0.312. The number of thioether (sulfide) groups is 1. The predicted molar refractivity (Wildman–Crippen MR) is 93.8 cm³/mol. The summed E-state index contributed by atoms with van der Waals surface area (Å²) in [5, 5.41) is 12.6. The Bertz CT molecular complexity index is 923. The molecule has 5 nitrogen and oxygen atoms in total. The standard InChI is InChI=1S/C16H14BrF3N4OS/c1-9-14(17)10(2)24(23-9)7-13-21-22-15(25-13)26-8-11-4-3-5-12(6-11)16(18,19)20/h3-6H,7-8H2,1-2H3. The summed E-state index contributed by atoms with van der Waals surface area (Å²) in [5.41, 5.74) is 1.67. The number of benzene rings is 1. The van der Waals surface area contributed by atoms with Crippen LogP contribution in [-0.4, -0.2) is 20.0 Å². The van der Waals surface area contributed by atoms with Crippen molar-refractivity contribution in [2.45, 2.75) is 37.5 Å². The lowest BCUT2D eigenvalue weighted by Crippen LogP contribution is -2.04. The van der Waals surface area contributed by atoms with Crippen LogP contribution < -0.4 is 0 Å². The molecule has 0 aliphatic heterocycles. The first-order valence-electron chi connectivity index (χ1n) is 7.55. The summed E-state index contributed by atoms with van der Waals surface area (Å²) in [6, 6.07) is 5.19. The second-order valence-corrected chi connectivity index (χ2v) is 7.31. The van der Waals surface area contributed by atoms with Gasteiger partial charge < -0.3 is 4.42 Å². The Balaban J connectivity index is 1.65. The minimum atomic E-state index is -4.35. The van der Waals surface area contributed by atoms with Crippen molar-refractivity contribution in [2.75, 3.05) is 0 Å². The molecule has 0 atom stereocenters. The Morgan fingerprint density at radius 2 is 2.00 bits per heavy atom. The number of rotatable bonds is 5. The summed E-state index contributed by atoms with van der Waals surface area (Å²) in [4.78, 5) is 0. The van der Waals surface area contributed by atoms with Crippen molar-refractivity contribution in [3.05, 3.63) is 57.1 Å². The second-order valence-electron chi connectivity index (χ2n) is 5.59. The van der Waals surface area contributed by atoms with Gasteiger partial charge >= 0.3 is 6.18 Å². The fourth-order valence-electron chi connectivity index (χ4n) is 2.30. The van der Waals surface area contributed by atoms with Gasteiger partial charge in [-0.05, 0) is 41.4 Å². The molecule has 1 aromatic carbocycles. The molecule has 138 valence electrons. The van der Waals surface area contributed by atoms with Crippen LogP contribution in [0, 0.1) is 13.8 Å². The lowest BCUT2D eigenvalue weighted by Gasteiger charge is -2.07. The first-order chi connectivity index (χ1) is 12.2. The maximum atomic E-state index is 12.7. The summed E-state index contributed by atoms with van der Waals surface area (Å²) < 4.78 is 46.5. The third kappa shape index (κ3) is 4.29. The first-order valence-corrected chi connectivity index (χ1v) is 9.32. The lowest BCUT2D eigenvalue weighted by molar-refractivity contribution is -0.137. The maximum Gasteiger partial charge on any atom is 0.416 e. The van der Waals surface area contributed by atoms with Crippen LogP contribution in [0.3, 0.4) is 0 Å². The summed E-state index contributed by atoms with van der Waals surface area (Å²) in [6.07, 6.45) is -4.35. The van der Waals surface area contributed by atoms with Crippen LogP contribution in [-0.2, 0) is 18.5 Å². The predicted octanol–water partition coefficient (Wildman–Crippen LogP) is 5.00. The van der Waals surface area contributed by atoms with Gasteiger partial charge in [-0.1, -0.05) is 30.0 Å². The second kappa shape index (κ2) is 7.43. The van der Waals surface area contributed by atoms with Crippen molar-refractivity contribution >= 4 is 27.7 Å². The van der Waals surface area contributed by atoms with Crippen LogP contribution >= 0.6 is 27.7 Å². The highest BCUT2D eigenvalue weighted by Crippen LogP contribution is 2.31.